The van der Waals surface area contributed by atoms with E-state index in [2.05, 4.69) is 71.5 Å². The van der Waals surface area contributed by atoms with Crippen LogP contribution in [0.3, 0.4) is 0 Å². The molecule has 0 unspecified atom stereocenters. The summed E-state index contributed by atoms with van der Waals surface area (Å²) in [7, 11) is 1.72. The summed E-state index contributed by atoms with van der Waals surface area (Å²) in [4.78, 5) is 0. The summed E-state index contributed by atoms with van der Waals surface area (Å²) in [5.74, 6) is 0.959. The zero-order chi connectivity index (χ0) is 13.8. The van der Waals surface area contributed by atoms with Crippen LogP contribution in [-0.2, 0) is 6.54 Å². The lowest BCUT2D eigenvalue weighted by Crippen LogP contribution is -2.02. The second-order valence-corrected chi connectivity index (χ2v) is 5.48. The Kier molecular flexibility index (Phi) is 4.48. The van der Waals surface area contributed by atoms with Crippen molar-refractivity contribution in [3.63, 3.8) is 0 Å². The number of hydrogen-bond donors (Lipinski definition) is 1. The molecular weight excluding hydrogens is 302 g/mol. The van der Waals surface area contributed by atoms with Gasteiger partial charge in [0.05, 0.1) is 7.11 Å². The number of anilines is 1. The molecule has 2 aromatic rings. The minimum Gasteiger partial charge on any atom is -0.496 e. The SMILES string of the molecule is COc1c(C)ccc(NCc2ccc(Br)cc2)c1C. The Hall–Kier alpha value is -1.48. The highest BCUT2D eigenvalue weighted by Crippen LogP contribution is 2.29. The number of aryl methyl sites for hydroxylation is 1. The highest BCUT2D eigenvalue weighted by molar-refractivity contribution is 9.10. The standard InChI is InChI=1S/C16H18BrNO/c1-11-4-9-15(12(2)16(11)19-3)18-10-13-5-7-14(17)8-6-13/h4-9,18H,10H2,1-3H3. The summed E-state index contributed by atoms with van der Waals surface area (Å²) in [6.07, 6.45) is 0. The van der Waals surface area contributed by atoms with E-state index in [0.29, 0.717) is 0 Å². The Morgan fingerprint density at radius 2 is 1.74 bits per heavy atom. The summed E-state index contributed by atoms with van der Waals surface area (Å²) in [6.45, 7) is 4.94. The van der Waals surface area contributed by atoms with Crippen molar-refractivity contribution in [3.8, 4) is 5.75 Å². The number of hydrogen-bond acceptors (Lipinski definition) is 2. The lowest BCUT2D eigenvalue weighted by atomic mass is 10.1. The van der Waals surface area contributed by atoms with Gasteiger partial charge in [-0.3, -0.25) is 0 Å². The zero-order valence-electron chi connectivity index (χ0n) is 11.5. The Morgan fingerprint density at radius 1 is 1.05 bits per heavy atom. The molecule has 19 heavy (non-hydrogen) atoms. The van der Waals surface area contributed by atoms with Crippen molar-refractivity contribution in [2.24, 2.45) is 0 Å². The maximum Gasteiger partial charge on any atom is 0.126 e. The van der Waals surface area contributed by atoms with Gasteiger partial charge in [-0.25, -0.2) is 0 Å². The quantitative estimate of drug-likeness (QED) is 0.883. The fourth-order valence-electron chi connectivity index (χ4n) is 2.13. The third-order valence-electron chi connectivity index (χ3n) is 3.20. The number of benzene rings is 2. The van der Waals surface area contributed by atoms with E-state index in [1.54, 1.807) is 7.11 Å². The third kappa shape index (κ3) is 3.29. The van der Waals surface area contributed by atoms with Gasteiger partial charge in [0.15, 0.2) is 0 Å². The average molecular weight is 320 g/mol. The van der Waals surface area contributed by atoms with E-state index in [4.69, 9.17) is 4.74 Å². The molecular formula is C16H18BrNO. The fourth-order valence-corrected chi connectivity index (χ4v) is 2.40. The zero-order valence-corrected chi connectivity index (χ0v) is 13.0. The maximum absolute atomic E-state index is 5.44. The van der Waals surface area contributed by atoms with E-state index < -0.39 is 0 Å². The van der Waals surface area contributed by atoms with Crippen LogP contribution in [0.15, 0.2) is 40.9 Å². The molecule has 0 fully saturated rings. The van der Waals surface area contributed by atoms with Crippen LogP contribution in [0.4, 0.5) is 5.69 Å². The summed E-state index contributed by atoms with van der Waals surface area (Å²) in [5, 5.41) is 3.46. The van der Waals surface area contributed by atoms with Crippen molar-refractivity contribution < 1.29 is 4.74 Å². The van der Waals surface area contributed by atoms with Crippen molar-refractivity contribution in [2.75, 3.05) is 12.4 Å². The van der Waals surface area contributed by atoms with Gasteiger partial charge in [0, 0.05) is 22.3 Å². The molecule has 0 atom stereocenters. The minimum absolute atomic E-state index is 0.806. The molecule has 0 radical (unpaired) electrons. The lowest BCUT2D eigenvalue weighted by Gasteiger charge is -2.14. The Labute approximate surface area is 122 Å². The molecule has 0 heterocycles. The van der Waals surface area contributed by atoms with Crippen LogP contribution >= 0.6 is 15.9 Å². The first kappa shape index (κ1) is 13.9. The second kappa shape index (κ2) is 6.11. The molecule has 100 valence electrons. The molecule has 1 N–H and O–H groups in total. The number of nitrogens with one attached hydrogen (secondary N) is 1. The van der Waals surface area contributed by atoms with Crippen molar-refractivity contribution in [2.45, 2.75) is 20.4 Å². The number of rotatable bonds is 4. The number of halogens is 1. The van der Waals surface area contributed by atoms with Crippen LogP contribution in [0.25, 0.3) is 0 Å². The number of ether oxygens (including phenoxy) is 1. The van der Waals surface area contributed by atoms with Crippen LogP contribution in [-0.4, -0.2) is 7.11 Å². The summed E-state index contributed by atoms with van der Waals surface area (Å²) in [6, 6.07) is 12.5. The van der Waals surface area contributed by atoms with E-state index in [9.17, 15) is 0 Å². The molecule has 3 heteroatoms. The van der Waals surface area contributed by atoms with Gasteiger partial charge in [-0.15, -0.1) is 0 Å². The molecule has 0 amide bonds. The van der Waals surface area contributed by atoms with Gasteiger partial charge in [-0.05, 0) is 43.2 Å². The summed E-state index contributed by atoms with van der Waals surface area (Å²) < 4.78 is 6.54. The van der Waals surface area contributed by atoms with Gasteiger partial charge in [0.1, 0.15) is 5.75 Å². The largest absolute Gasteiger partial charge is 0.496 e. The Bertz CT molecular complexity index is 564. The molecule has 2 nitrogen and oxygen atoms in total. The lowest BCUT2D eigenvalue weighted by molar-refractivity contribution is 0.409. The molecule has 0 aliphatic rings. The topological polar surface area (TPSA) is 21.3 Å². The number of methoxy groups -OCH3 is 1. The van der Waals surface area contributed by atoms with E-state index in [1.807, 2.05) is 0 Å². The molecule has 0 aliphatic carbocycles. The van der Waals surface area contributed by atoms with E-state index in [0.717, 1.165) is 33.6 Å². The van der Waals surface area contributed by atoms with Crippen molar-refractivity contribution >= 4 is 21.6 Å². The van der Waals surface area contributed by atoms with Gasteiger partial charge in [-0.1, -0.05) is 34.1 Å². The molecule has 2 aromatic carbocycles. The van der Waals surface area contributed by atoms with E-state index >= 15 is 0 Å². The molecule has 0 saturated carbocycles. The van der Waals surface area contributed by atoms with Crippen LogP contribution in [0.1, 0.15) is 16.7 Å². The van der Waals surface area contributed by atoms with Crippen LogP contribution < -0.4 is 10.1 Å². The molecule has 0 bridgehead atoms. The third-order valence-corrected chi connectivity index (χ3v) is 3.73. The predicted octanol–water partition coefficient (Wildman–Crippen LogP) is 4.69. The van der Waals surface area contributed by atoms with Gasteiger partial charge in [-0.2, -0.15) is 0 Å². The van der Waals surface area contributed by atoms with Crippen molar-refractivity contribution in [1.82, 2.24) is 0 Å². The molecule has 2 rings (SSSR count). The minimum atomic E-state index is 0.806. The smallest absolute Gasteiger partial charge is 0.126 e. The van der Waals surface area contributed by atoms with Gasteiger partial charge >= 0.3 is 0 Å². The first-order valence-electron chi connectivity index (χ1n) is 6.24. The Morgan fingerprint density at radius 3 is 2.37 bits per heavy atom. The molecule has 0 saturated heterocycles. The van der Waals surface area contributed by atoms with Gasteiger partial charge < -0.3 is 10.1 Å². The van der Waals surface area contributed by atoms with Gasteiger partial charge in [0.2, 0.25) is 0 Å². The molecule has 0 aromatic heterocycles. The monoisotopic (exact) mass is 319 g/mol. The highest BCUT2D eigenvalue weighted by Gasteiger charge is 2.07. The maximum atomic E-state index is 5.44. The van der Waals surface area contributed by atoms with Crippen molar-refractivity contribution in [1.29, 1.82) is 0 Å². The predicted molar refractivity (Wildman–Crippen MR) is 83.9 cm³/mol. The van der Waals surface area contributed by atoms with E-state index in [-0.39, 0.29) is 0 Å². The normalized spacial score (nSPS) is 10.3. The van der Waals surface area contributed by atoms with E-state index in [1.165, 1.54) is 5.56 Å². The summed E-state index contributed by atoms with van der Waals surface area (Å²) >= 11 is 3.44. The average Bonchev–Trinajstić information content (AvgIpc) is 2.40. The van der Waals surface area contributed by atoms with Gasteiger partial charge in [0.25, 0.3) is 0 Å². The second-order valence-electron chi connectivity index (χ2n) is 4.57. The van der Waals surface area contributed by atoms with Crippen molar-refractivity contribution in [3.05, 3.63) is 57.6 Å². The van der Waals surface area contributed by atoms with Crippen LogP contribution in [0, 0.1) is 13.8 Å². The highest BCUT2D eigenvalue weighted by atomic mass is 79.9. The Balaban J connectivity index is 2.13. The fraction of sp³-hybridized carbons (Fsp3) is 0.250. The first-order valence-corrected chi connectivity index (χ1v) is 7.03. The summed E-state index contributed by atoms with van der Waals surface area (Å²) in [5.41, 5.74) is 4.68. The van der Waals surface area contributed by atoms with Crippen LogP contribution in [0.5, 0.6) is 5.75 Å². The molecule has 0 spiro atoms. The first-order chi connectivity index (χ1) is 9.11. The van der Waals surface area contributed by atoms with Crippen LogP contribution in [0.2, 0.25) is 0 Å². The molecule has 0 aliphatic heterocycles.